The third kappa shape index (κ3) is 3.69. The summed E-state index contributed by atoms with van der Waals surface area (Å²) in [6.07, 6.45) is 1.78. The molecule has 0 spiro atoms. The number of rotatable bonds is 3. The standard InChI is InChI=1S/C12H9Br2ClN2/c13-8-4-11(14)12(17-6-8)7-16-10-3-1-2-9(15)5-10/h1-6,16H,7H2. The first-order valence-corrected chi connectivity index (χ1v) is 6.91. The second-order valence-corrected chi connectivity index (χ2v) is 5.65. The van der Waals surface area contributed by atoms with E-state index in [1.54, 1.807) is 6.20 Å². The topological polar surface area (TPSA) is 24.9 Å². The number of aromatic nitrogens is 1. The summed E-state index contributed by atoms with van der Waals surface area (Å²) < 4.78 is 1.93. The van der Waals surface area contributed by atoms with Crippen molar-refractivity contribution in [3.8, 4) is 0 Å². The van der Waals surface area contributed by atoms with Gasteiger partial charge in [-0.3, -0.25) is 4.98 Å². The van der Waals surface area contributed by atoms with Crippen molar-refractivity contribution in [2.24, 2.45) is 0 Å². The maximum Gasteiger partial charge on any atom is 0.0737 e. The molecule has 1 aromatic carbocycles. The Morgan fingerprint density at radius 2 is 2.06 bits per heavy atom. The lowest BCUT2D eigenvalue weighted by atomic mass is 10.3. The molecule has 0 radical (unpaired) electrons. The molecular weight excluding hydrogens is 367 g/mol. The summed E-state index contributed by atoms with van der Waals surface area (Å²) >= 11 is 12.8. The Kier molecular flexibility index (Phi) is 4.42. The number of pyridine rings is 1. The third-order valence-electron chi connectivity index (χ3n) is 2.17. The molecule has 2 rings (SSSR count). The van der Waals surface area contributed by atoms with E-state index < -0.39 is 0 Å². The van der Waals surface area contributed by atoms with Gasteiger partial charge in [0.1, 0.15) is 0 Å². The molecule has 1 aromatic heterocycles. The van der Waals surface area contributed by atoms with Crippen LogP contribution in [0.5, 0.6) is 0 Å². The zero-order chi connectivity index (χ0) is 12.3. The Morgan fingerprint density at radius 1 is 1.24 bits per heavy atom. The highest BCUT2D eigenvalue weighted by Gasteiger charge is 2.02. The number of nitrogens with zero attached hydrogens (tertiary/aromatic N) is 1. The highest BCUT2D eigenvalue weighted by atomic mass is 79.9. The molecule has 0 saturated carbocycles. The van der Waals surface area contributed by atoms with Crippen LogP contribution in [0.2, 0.25) is 5.02 Å². The van der Waals surface area contributed by atoms with Crippen LogP contribution in [0.3, 0.4) is 0 Å². The van der Waals surface area contributed by atoms with Crippen LogP contribution in [-0.2, 0) is 6.54 Å². The average molecular weight is 376 g/mol. The SMILES string of the molecule is Clc1cccc(NCc2ncc(Br)cc2Br)c1. The minimum atomic E-state index is 0.647. The van der Waals surface area contributed by atoms with Crippen molar-refractivity contribution < 1.29 is 0 Å². The fraction of sp³-hybridized carbons (Fsp3) is 0.0833. The zero-order valence-corrected chi connectivity index (χ0v) is 12.7. The number of hydrogen-bond acceptors (Lipinski definition) is 2. The van der Waals surface area contributed by atoms with Crippen molar-refractivity contribution in [3.05, 3.63) is 56.2 Å². The van der Waals surface area contributed by atoms with E-state index in [2.05, 4.69) is 42.2 Å². The smallest absolute Gasteiger partial charge is 0.0737 e. The molecule has 0 aliphatic carbocycles. The molecule has 1 heterocycles. The largest absolute Gasteiger partial charge is 0.379 e. The molecular formula is C12H9Br2ClN2. The highest BCUT2D eigenvalue weighted by molar-refractivity contribution is 9.11. The van der Waals surface area contributed by atoms with Crippen molar-refractivity contribution in [1.29, 1.82) is 0 Å². The Bertz CT molecular complexity index is 532. The molecule has 0 amide bonds. The van der Waals surface area contributed by atoms with Gasteiger partial charge in [0.15, 0.2) is 0 Å². The summed E-state index contributed by atoms with van der Waals surface area (Å²) in [5, 5.41) is 3.99. The molecule has 0 saturated heterocycles. The van der Waals surface area contributed by atoms with Crippen LogP contribution in [0.25, 0.3) is 0 Å². The molecule has 1 N–H and O–H groups in total. The molecule has 0 atom stereocenters. The lowest BCUT2D eigenvalue weighted by molar-refractivity contribution is 1.03. The maximum atomic E-state index is 5.91. The van der Waals surface area contributed by atoms with Crippen LogP contribution in [-0.4, -0.2) is 4.98 Å². The van der Waals surface area contributed by atoms with Gasteiger partial charge in [0.2, 0.25) is 0 Å². The van der Waals surface area contributed by atoms with Gasteiger partial charge in [-0.25, -0.2) is 0 Å². The number of nitrogens with one attached hydrogen (secondary N) is 1. The van der Waals surface area contributed by atoms with E-state index in [4.69, 9.17) is 11.6 Å². The minimum absolute atomic E-state index is 0.647. The Morgan fingerprint density at radius 3 is 2.76 bits per heavy atom. The number of benzene rings is 1. The third-order valence-corrected chi connectivity index (χ3v) is 3.52. The lowest BCUT2D eigenvalue weighted by Crippen LogP contribution is -2.02. The lowest BCUT2D eigenvalue weighted by Gasteiger charge is -2.08. The quantitative estimate of drug-likeness (QED) is 0.826. The van der Waals surface area contributed by atoms with Gasteiger partial charge in [-0.15, -0.1) is 0 Å². The molecule has 2 nitrogen and oxygen atoms in total. The summed E-state index contributed by atoms with van der Waals surface area (Å²) in [6.45, 7) is 0.647. The number of anilines is 1. The van der Waals surface area contributed by atoms with Crippen LogP contribution >= 0.6 is 43.5 Å². The van der Waals surface area contributed by atoms with Crippen molar-refractivity contribution in [3.63, 3.8) is 0 Å². The van der Waals surface area contributed by atoms with Gasteiger partial charge in [-0.05, 0) is 56.1 Å². The molecule has 0 aliphatic rings. The summed E-state index contributed by atoms with van der Waals surface area (Å²) in [7, 11) is 0. The van der Waals surface area contributed by atoms with E-state index in [-0.39, 0.29) is 0 Å². The number of hydrogen-bond donors (Lipinski definition) is 1. The van der Waals surface area contributed by atoms with Crippen LogP contribution in [0.15, 0.2) is 45.5 Å². The van der Waals surface area contributed by atoms with Crippen molar-refractivity contribution >= 4 is 49.1 Å². The van der Waals surface area contributed by atoms with Crippen LogP contribution < -0.4 is 5.32 Å². The zero-order valence-electron chi connectivity index (χ0n) is 8.75. The average Bonchev–Trinajstić information content (AvgIpc) is 2.28. The molecule has 0 fully saturated rings. The van der Waals surface area contributed by atoms with Gasteiger partial charge in [0, 0.05) is 25.9 Å². The van der Waals surface area contributed by atoms with E-state index in [9.17, 15) is 0 Å². The summed E-state index contributed by atoms with van der Waals surface area (Å²) in [4.78, 5) is 4.33. The molecule has 2 aromatic rings. The van der Waals surface area contributed by atoms with Crippen molar-refractivity contribution in [1.82, 2.24) is 4.98 Å². The maximum absolute atomic E-state index is 5.91. The molecule has 0 aliphatic heterocycles. The van der Waals surface area contributed by atoms with E-state index >= 15 is 0 Å². The van der Waals surface area contributed by atoms with Crippen LogP contribution in [0, 0.1) is 0 Å². The Labute approximate surface area is 122 Å². The minimum Gasteiger partial charge on any atom is -0.379 e. The van der Waals surface area contributed by atoms with Crippen LogP contribution in [0.1, 0.15) is 5.69 Å². The predicted molar refractivity (Wildman–Crippen MR) is 78.4 cm³/mol. The second-order valence-electron chi connectivity index (χ2n) is 3.45. The fourth-order valence-corrected chi connectivity index (χ4v) is 2.68. The normalized spacial score (nSPS) is 10.3. The molecule has 0 bridgehead atoms. The number of halogens is 3. The molecule has 5 heteroatoms. The van der Waals surface area contributed by atoms with Gasteiger partial charge in [0.05, 0.1) is 12.2 Å². The fourth-order valence-electron chi connectivity index (χ4n) is 1.36. The Hall–Kier alpha value is -0.580. The van der Waals surface area contributed by atoms with Gasteiger partial charge in [-0.2, -0.15) is 0 Å². The predicted octanol–water partition coefficient (Wildman–Crippen LogP) is 4.87. The first-order valence-electron chi connectivity index (χ1n) is 4.94. The van der Waals surface area contributed by atoms with Gasteiger partial charge < -0.3 is 5.32 Å². The molecule has 88 valence electrons. The Balaban J connectivity index is 2.07. The van der Waals surface area contributed by atoms with Crippen LogP contribution in [0.4, 0.5) is 5.69 Å². The molecule has 0 unspecified atom stereocenters. The summed E-state index contributed by atoms with van der Waals surface area (Å²) in [6, 6.07) is 9.59. The highest BCUT2D eigenvalue weighted by Crippen LogP contribution is 2.21. The first-order chi connectivity index (χ1) is 8.15. The molecule has 17 heavy (non-hydrogen) atoms. The second kappa shape index (κ2) is 5.85. The van der Waals surface area contributed by atoms with E-state index in [0.717, 1.165) is 25.3 Å². The van der Waals surface area contributed by atoms with Crippen molar-refractivity contribution in [2.75, 3.05) is 5.32 Å². The van der Waals surface area contributed by atoms with Gasteiger partial charge >= 0.3 is 0 Å². The van der Waals surface area contributed by atoms with Gasteiger partial charge in [-0.1, -0.05) is 17.7 Å². The van der Waals surface area contributed by atoms with E-state index in [1.807, 2.05) is 30.3 Å². The first kappa shape index (κ1) is 12.9. The monoisotopic (exact) mass is 374 g/mol. The van der Waals surface area contributed by atoms with E-state index in [0.29, 0.717) is 6.54 Å². The summed E-state index contributed by atoms with van der Waals surface area (Å²) in [5.41, 5.74) is 1.93. The summed E-state index contributed by atoms with van der Waals surface area (Å²) in [5.74, 6) is 0. The van der Waals surface area contributed by atoms with Gasteiger partial charge in [0.25, 0.3) is 0 Å². The van der Waals surface area contributed by atoms with Crippen molar-refractivity contribution in [2.45, 2.75) is 6.54 Å². The van der Waals surface area contributed by atoms with E-state index in [1.165, 1.54) is 0 Å².